The van der Waals surface area contributed by atoms with E-state index in [0.717, 1.165) is 13.7 Å². The van der Waals surface area contributed by atoms with Gasteiger partial charge >= 0.3 is 7.82 Å². The summed E-state index contributed by atoms with van der Waals surface area (Å²) < 4.78 is 19.9. The Kier molecular flexibility index (Phi) is 5.33. The Morgan fingerprint density at radius 1 is 1.56 bits per heavy atom. The van der Waals surface area contributed by atoms with Crippen molar-refractivity contribution in [3.63, 3.8) is 0 Å². The maximum absolute atomic E-state index is 11.1. The number of aliphatic hydroxyl groups excluding tert-OH is 1. The molecule has 7 nitrogen and oxygen atoms in total. The van der Waals surface area contributed by atoms with Crippen LogP contribution in [0.5, 0.6) is 0 Å². The summed E-state index contributed by atoms with van der Waals surface area (Å²) in [5, 5.41) is 9.70. The fourth-order valence-electron chi connectivity index (χ4n) is 1.64. The summed E-state index contributed by atoms with van der Waals surface area (Å²) in [7, 11) is -1.12. The molecule has 0 aliphatic carbocycles. The molecule has 0 bridgehead atoms. The number of phosphoric ester groups is 1. The first-order chi connectivity index (χ1) is 7.44. The molecule has 1 aliphatic rings. The molecule has 1 fully saturated rings. The third kappa shape index (κ3) is 4.47. The lowest BCUT2D eigenvalue weighted by molar-refractivity contribution is -0.199. The molecule has 0 spiro atoms. The van der Waals surface area contributed by atoms with Gasteiger partial charge in [0.25, 0.3) is 0 Å². The van der Waals surface area contributed by atoms with Crippen LogP contribution in [0.1, 0.15) is 6.42 Å². The molecule has 3 atom stereocenters. The summed E-state index contributed by atoms with van der Waals surface area (Å²) in [6, 6.07) is 0. The van der Waals surface area contributed by atoms with Crippen molar-refractivity contribution < 1.29 is 28.7 Å². The van der Waals surface area contributed by atoms with Crippen LogP contribution in [0.3, 0.4) is 0 Å². The second-order valence-electron chi connectivity index (χ2n) is 3.88. The number of hydrogen-bond acceptors (Lipinski definition) is 6. The zero-order valence-electron chi connectivity index (χ0n) is 9.40. The maximum Gasteiger partial charge on any atom is 0.499 e. The van der Waals surface area contributed by atoms with Gasteiger partial charge in [-0.1, -0.05) is 0 Å². The predicted molar refractivity (Wildman–Crippen MR) is 55.5 cm³/mol. The van der Waals surface area contributed by atoms with Gasteiger partial charge in [0, 0.05) is 12.5 Å². The molecule has 1 aliphatic heterocycles. The van der Waals surface area contributed by atoms with Crippen LogP contribution in [0.25, 0.3) is 0 Å². The number of rotatable bonds is 5. The minimum Gasteiger partial charge on any atom is -0.391 e. The van der Waals surface area contributed by atoms with Gasteiger partial charge in [-0.3, -0.25) is 4.52 Å². The molecule has 0 amide bonds. The van der Waals surface area contributed by atoms with Crippen LogP contribution in [0, 0.1) is 5.92 Å². The van der Waals surface area contributed by atoms with Crippen molar-refractivity contribution in [3.05, 3.63) is 0 Å². The number of β-amino-alcohol motifs (C(OH)–C–C–N with tert-alkyl or cyclic N) is 1. The van der Waals surface area contributed by atoms with Gasteiger partial charge in [0.15, 0.2) is 0 Å². The molecule has 0 aromatic heterocycles. The zero-order valence-corrected chi connectivity index (χ0v) is 10.3. The number of likely N-dealkylation sites (N-methyl/N-ethyl adjacent to an activating group) is 1. The monoisotopic (exact) mass is 255 g/mol. The van der Waals surface area contributed by atoms with Gasteiger partial charge in [0.1, 0.15) is 0 Å². The van der Waals surface area contributed by atoms with E-state index in [1.165, 1.54) is 0 Å². The molecule has 0 radical (unpaired) electrons. The van der Waals surface area contributed by atoms with Crippen molar-refractivity contribution >= 4 is 7.82 Å². The lowest BCUT2D eigenvalue weighted by atomic mass is 9.95. The normalized spacial score (nSPS) is 31.2. The van der Waals surface area contributed by atoms with E-state index in [-0.39, 0.29) is 12.5 Å². The number of hydrogen-bond donors (Lipinski definition) is 2. The zero-order chi connectivity index (χ0) is 12.2. The second kappa shape index (κ2) is 6.07. The van der Waals surface area contributed by atoms with Gasteiger partial charge in [0.2, 0.25) is 0 Å². The first-order valence-electron chi connectivity index (χ1n) is 5.01. The van der Waals surface area contributed by atoms with E-state index in [1.54, 1.807) is 0 Å². The molecule has 1 rings (SSSR count). The van der Waals surface area contributed by atoms with E-state index < -0.39 is 13.9 Å². The smallest absolute Gasteiger partial charge is 0.391 e. The Hall–Kier alpha value is -0.0100. The average Bonchev–Trinajstić information content (AvgIpc) is 2.16. The molecule has 96 valence electrons. The van der Waals surface area contributed by atoms with Crippen molar-refractivity contribution in [1.29, 1.82) is 0 Å². The number of aliphatic hydroxyl groups is 1. The molecule has 0 saturated carbocycles. The standard InChI is InChI=1S/C8H18NO6P/c1-9-4-3-7(8(10)5-9)6-14-16(11,12)15-13-2/h7-8,10H,3-6H2,1-2H3,(H,11,12). The van der Waals surface area contributed by atoms with Gasteiger partial charge < -0.3 is 14.9 Å². The molecule has 1 saturated heterocycles. The molecular formula is C8H18NO6P. The second-order valence-corrected chi connectivity index (χ2v) is 5.23. The number of piperidine rings is 1. The summed E-state index contributed by atoms with van der Waals surface area (Å²) in [5.74, 6) is -0.155. The molecule has 2 N–H and O–H groups in total. The van der Waals surface area contributed by atoms with Gasteiger partial charge in [-0.05, 0) is 20.0 Å². The number of nitrogens with zero attached hydrogens (tertiary/aromatic N) is 1. The highest BCUT2D eigenvalue weighted by Gasteiger charge is 2.30. The molecule has 1 heterocycles. The predicted octanol–water partition coefficient (Wildman–Crippen LogP) is -0.00600. The Balaban J connectivity index is 2.35. The van der Waals surface area contributed by atoms with Crippen molar-refractivity contribution in [3.8, 4) is 0 Å². The first kappa shape index (κ1) is 14.1. The van der Waals surface area contributed by atoms with Crippen LogP contribution in [0.4, 0.5) is 0 Å². The molecule has 16 heavy (non-hydrogen) atoms. The Morgan fingerprint density at radius 3 is 2.81 bits per heavy atom. The molecule has 0 aromatic rings. The van der Waals surface area contributed by atoms with Crippen LogP contribution >= 0.6 is 7.82 Å². The SMILES string of the molecule is COOP(=O)(O)OCC1CCN(C)CC1O. The van der Waals surface area contributed by atoms with E-state index in [0.29, 0.717) is 13.0 Å². The highest BCUT2D eigenvalue weighted by molar-refractivity contribution is 7.47. The van der Waals surface area contributed by atoms with Gasteiger partial charge in [-0.2, -0.15) is 0 Å². The summed E-state index contributed by atoms with van der Waals surface area (Å²) in [6.07, 6.45) is 0.159. The van der Waals surface area contributed by atoms with E-state index >= 15 is 0 Å². The largest absolute Gasteiger partial charge is 0.499 e. The van der Waals surface area contributed by atoms with E-state index in [9.17, 15) is 9.67 Å². The minimum absolute atomic E-state index is 0.0217. The minimum atomic E-state index is -4.15. The van der Waals surface area contributed by atoms with Crippen molar-refractivity contribution in [1.82, 2.24) is 4.90 Å². The van der Waals surface area contributed by atoms with Crippen molar-refractivity contribution in [2.75, 3.05) is 33.9 Å². The van der Waals surface area contributed by atoms with E-state index in [1.807, 2.05) is 11.9 Å². The molecular weight excluding hydrogens is 237 g/mol. The Labute approximate surface area is 94.5 Å². The van der Waals surface area contributed by atoms with Crippen LogP contribution in [-0.2, 0) is 18.7 Å². The van der Waals surface area contributed by atoms with Gasteiger partial charge in [-0.25, -0.2) is 9.45 Å². The highest BCUT2D eigenvalue weighted by Crippen LogP contribution is 2.44. The van der Waals surface area contributed by atoms with E-state index in [4.69, 9.17) is 9.42 Å². The highest BCUT2D eigenvalue weighted by atomic mass is 31.2. The quantitative estimate of drug-likeness (QED) is 0.406. The number of phosphoric acid groups is 1. The summed E-state index contributed by atoms with van der Waals surface area (Å²) in [6.45, 7) is 1.34. The third-order valence-electron chi connectivity index (χ3n) is 2.54. The Morgan fingerprint density at radius 2 is 2.25 bits per heavy atom. The van der Waals surface area contributed by atoms with Gasteiger partial charge in [-0.15, -0.1) is 4.67 Å². The summed E-state index contributed by atoms with van der Waals surface area (Å²) in [4.78, 5) is 15.2. The Bertz CT molecular complexity index is 263. The third-order valence-corrected chi connectivity index (χ3v) is 3.36. The molecule has 8 heteroatoms. The summed E-state index contributed by atoms with van der Waals surface area (Å²) in [5.41, 5.74) is 0. The summed E-state index contributed by atoms with van der Waals surface area (Å²) >= 11 is 0. The van der Waals surface area contributed by atoms with Crippen LogP contribution in [-0.4, -0.2) is 54.9 Å². The number of likely N-dealkylation sites (tertiary alicyclic amines) is 1. The fraction of sp³-hybridized carbons (Fsp3) is 1.00. The van der Waals surface area contributed by atoms with Crippen molar-refractivity contribution in [2.24, 2.45) is 5.92 Å². The van der Waals surface area contributed by atoms with Crippen LogP contribution in [0.15, 0.2) is 0 Å². The molecule has 3 unspecified atom stereocenters. The lowest BCUT2D eigenvalue weighted by Crippen LogP contribution is -2.43. The van der Waals surface area contributed by atoms with Crippen LogP contribution < -0.4 is 0 Å². The topological polar surface area (TPSA) is 88.5 Å². The van der Waals surface area contributed by atoms with Gasteiger partial charge in [0.05, 0.1) is 19.8 Å². The lowest BCUT2D eigenvalue weighted by Gasteiger charge is -2.33. The van der Waals surface area contributed by atoms with Crippen molar-refractivity contribution in [2.45, 2.75) is 12.5 Å². The fourth-order valence-corrected chi connectivity index (χ4v) is 2.25. The maximum atomic E-state index is 11.1. The average molecular weight is 255 g/mol. The van der Waals surface area contributed by atoms with Crippen LogP contribution in [0.2, 0.25) is 0 Å². The molecule has 0 aromatic carbocycles. The van der Waals surface area contributed by atoms with E-state index in [2.05, 4.69) is 9.56 Å². The first-order valence-corrected chi connectivity index (χ1v) is 6.50.